The Hall–Kier alpha value is -1.33. The van der Waals surface area contributed by atoms with E-state index >= 15 is 0 Å². The van der Waals surface area contributed by atoms with Crippen molar-refractivity contribution in [2.24, 2.45) is 11.3 Å². The Kier molecular flexibility index (Phi) is 4.27. The Balaban J connectivity index is 2.25. The maximum atomic E-state index is 9.27. The van der Waals surface area contributed by atoms with Crippen molar-refractivity contribution >= 4 is 0 Å². The number of quaternary nitrogens is 1. The summed E-state index contributed by atoms with van der Waals surface area (Å²) in [5.74, 6) is 0.601. The minimum Gasteiger partial charge on any atom is -0.335 e. The van der Waals surface area contributed by atoms with Crippen LogP contribution in [-0.4, -0.2) is 19.6 Å². The summed E-state index contributed by atoms with van der Waals surface area (Å²) >= 11 is 0. The van der Waals surface area contributed by atoms with Gasteiger partial charge in [0.2, 0.25) is 0 Å². The molecular weight excluding hydrogens is 232 g/mol. The van der Waals surface area contributed by atoms with E-state index in [1.165, 1.54) is 12.1 Å². The van der Waals surface area contributed by atoms with Gasteiger partial charge in [0.1, 0.15) is 0 Å². The van der Waals surface area contributed by atoms with Crippen molar-refractivity contribution in [3.8, 4) is 6.07 Å². The third kappa shape index (κ3) is 2.98. The number of nitrogens with zero attached hydrogens (tertiary/aromatic N) is 1. The molecule has 1 aliphatic heterocycles. The predicted octanol–water partition coefficient (Wildman–Crippen LogP) is 2.07. The Morgan fingerprint density at radius 1 is 1.32 bits per heavy atom. The van der Waals surface area contributed by atoms with Gasteiger partial charge in [-0.2, -0.15) is 5.26 Å². The molecule has 0 saturated carbocycles. The molecule has 1 N–H and O–H groups in total. The van der Waals surface area contributed by atoms with E-state index in [0.717, 1.165) is 12.8 Å². The fourth-order valence-electron chi connectivity index (χ4n) is 3.60. The summed E-state index contributed by atoms with van der Waals surface area (Å²) in [6, 6.07) is 13.8. The van der Waals surface area contributed by atoms with E-state index < -0.39 is 0 Å². The van der Waals surface area contributed by atoms with E-state index in [1.807, 2.05) is 0 Å². The molecule has 0 radical (unpaired) electrons. The average Bonchev–Trinajstić information content (AvgIpc) is 2.38. The molecule has 1 heterocycles. The molecule has 0 spiro atoms. The summed E-state index contributed by atoms with van der Waals surface area (Å²) in [6.45, 7) is 5.82. The standard InChI is InChI=1S/C17H24N2/c1-14-13-19(3)15(2)11-17(14,9-10-18)12-16-7-5-4-6-8-16/h4-8,14-15H,9,11-13H2,1-3H3/p+1/t14-,15+,17+/m1/s1. The van der Waals surface area contributed by atoms with Crippen LogP contribution in [0.2, 0.25) is 0 Å². The van der Waals surface area contributed by atoms with Gasteiger partial charge in [-0.1, -0.05) is 37.3 Å². The molecule has 0 aliphatic carbocycles. The summed E-state index contributed by atoms with van der Waals surface area (Å²) in [5, 5.41) is 9.27. The number of piperidine rings is 1. The number of rotatable bonds is 3. The number of hydrogen-bond donors (Lipinski definition) is 1. The lowest BCUT2D eigenvalue weighted by molar-refractivity contribution is -0.916. The van der Waals surface area contributed by atoms with Gasteiger partial charge in [0.05, 0.1) is 25.7 Å². The van der Waals surface area contributed by atoms with Crippen LogP contribution in [0.5, 0.6) is 0 Å². The van der Waals surface area contributed by atoms with Crippen LogP contribution in [0.1, 0.15) is 32.3 Å². The Bertz CT molecular complexity index is 448. The van der Waals surface area contributed by atoms with E-state index in [4.69, 9.17) is 0 Å². The Morgan fingerprint density at radius 3 is 2.63 bits per heavy atom. The molecule has 19 heavy (non-hydrogen) atoms. The van der Waals surface area contributed by atoms with Crippen LogP contribution in [0.3, 0.4) is 0 Å². The number of nitrogens with one attached hydrogen (secondary N) is 1. The normalized spacial score (nSPS) is 34.7. The SMILES string of the molecule is C[C@@H]1C[NH+](C)[C@@H](C)C[C@@]1(CC#N)Cc1ccccc1. The zero-order valence-electron chi connectivity index (χ0n) is 12.3. The van der Waals surface area contributed by atoms with Gasteiger partial charge in [-0.25, -0.2) is 0 Å². The highest BCUT2D eigenvalue weighted by atomic mass is 15.1. The van der Waals surface area contributed by atoms with Gasteiger partial charge in [0.15, 0.2) is 0 Å². The van der Waals surface area contributed by atoms with Gasteiger partial charge in [-0.05, 0) is 18.9 Å². The van der Waals surface area contributed by atoms with E-state index in [2.05, 4.69) is 57.3 Å². The first kappa shape index (κ1) is 14.1. The summed E-state index contributed by atoms with van der Waals surface area (Å²) in [5.41, 5.74) is 1.53. The van der Waals surface area contributed by atoms with Gasteiger partial charge in [0, 0.05) is 24.2 Å². The maximum Gasteiger partial charge on any atom is 0.0850 e. The molecule has 1 aromatic rings. The van der Waals surface area contributed by atoms with Crippen molar-refractivity contribution < 1.29 is 4.90 Å². The highest BCUT2D eigenvalue weighted by Gasteiger charge is 2.44. The summed E-state index contributed by atoms with van der Waals surface area (Å²) in [6.07, 6.45) is 2.88. The van der Waals surface area contributed by atoms with Crippen molar-refractivity contribution in [2.45, 2.75) is 39.2 Å². The zero-order chi connectivity index (χ0) is 13.9. The Labute approximate surface area is 117 Å². The summed E-state index contributed by atoms with van der Waals surface area (Å²) in [4.78, 5) is 1.61. The second kappa shape index (κ2) is 5.75. The number of nitriles is 1. The van der Waals surface area contributed by atoms with Gasteiger partial charge in [0.25, 0.3) is 0 Å². The molecule has 4 atom stereocenters. The summed E-state index contributed by atoms with van der Waals surface area (Å²) in [7, 11) is 2.28. The summed E-state index contributed by atoms with van der Waals surface area (Å²) < 4.78 is 0. The van der Waals surface area contributed by atoms with Gasteiger partial charge in [-0.15, -0.1) is 0 Å². The van der Waals surface area contributed by atoms with Crippen LogP contribution >= 0.6 is 0 Å². The lowest BCUT2D eigenvalue weighted by Gasteiger charge is -2.46. The first-order valence-corrected chi connectivity index (χ1v) is 7.30. The molecule has 1 aromatic carbocycles. The van der Waals surface area contributed by atoms with Crippen molar-refractivity contribution in [1.29, 1.82) is 5.26 Å². The number of hydrogen-bond acceptors (Lipinski definition) is 1. The van der Waals surface area contributed by atoms with E-state index in [-0.39, 0.29) is 5.41 Å². The predicted molar refractivity (Wildman–Crippen MR) is 77.8 cm³/mol. The molecule has 102 valence electrons. The third-order valence-electron chi connectivity index (χ3n) is 5.06. The smallest absolute Gasteiger partial charge is 0.0850 e. The minimum absolute atomic E-state index is 0.162. The van der Waals surface area contributed by atoms with Gasteiger partial charge >= 0.3 is 0 Å². The van der Waals surface area contributed by atoms with E-state index in [9.17, 15) is 5.26 Å². The van der Waals surface area contributed by atoms with Crippen LogP contribution in [0, 0.1) is 22.7 Å². The van der Waals surface area contributed by atoms with Crippen molar-refractivity contribution in [3.05, 3.63) is 35.9 Å². The molecule has 1 saturated heterocycles. The van der Waals surface area contributed by atoms with Crippen molar-refractivity contribution in [3.63, 3.8) is 0 Å². The molecule has 0 aromatic heterocycles. The molecule has 0 amide bonds. The lowest BCUT2D eigenvalue weighted by atomic mass is 9.64. The van der Waals surface area contributed by atoms with Crippen LogP contribution in [0.4, 0.5) is 0 Å². The first-order valence-electron chi connectivity index (χ1n) is 7.30. The second-order valence-electron chi connectivity index (χ2n) is 6.42. The van der Waals surface area contributed by atoms with E-state index in [1.54, 1.807) is 4.90 Å². The van der Waals surface area contributed by atoms with Crippen LogP contribution in [-0.2, 0) is 6.42 Å². The van der Waals surface area contributed by atoms with Crippen LogP contribution < -0.4 is 4.90 Å². The van der Waals surface area contributed by atoms with Crippen molar-refractivity contribution in [1.82, 2.24) is 0 Å². The zero-order valence-corrected chi connectivity index (χ0v) is 12.3. The lowest BCUT2D eigenvalue weighted by Crippen LogP contribution is -3.15. The molecule has 2 heteroatoms. The average molecular weight is 257 g/mol. The largest absolute Gasteiger partial charge is 0.335 e. The minimum atomic E-state index is 0.162. The quantitative estimate of drug-likeness (QED) is 0.882. The fourth-order valence-corrected chi connectivity index (χ4v) is 3.60. The molecule has 0 bridgehead atoms. The molecular formula is C17H25N2+. The third-order valence-corrected chi connectivity index (χ3v) is 5.06. The second-order valence-corrected chi connectivity index (χ2v) is 6.42. The topological polar surface area (TPSA) is 28.2 Å². The van der Waals surface area contributed by atoms with Gasteiger partial charge < -0.3 is 4.90 Å². The van der Waals surface area contributed by atoms with Crippen LogP contribution in [0.15, 0.2) is 30.3 Å². The van der Waals surface area contributed by atoms with E-state index in [0.29, 0.717) is 18.4 Å². The highest BCUT2D eigenvalue weighted by Crippen LogP contribution is 2.40. The Morgan fingerprint density at radius 2 is 2.00 bits per heavy atom. The first-order chi connectivity index (χ1) is 9.07. The molecule has 2 rings (SSSR count). The molecule has 1 aliphatic rings. The van der Waals surface area contributed by atoms with Gasteiger partial charge in [-0.3, -0.25) is 0 Å². The maximum absolute atomic E-state index is 9.27. The molecule has 2 nitrogen and oxygen atoms in total. The highest BCUT2D eigenvalue weighted by molar-refractivity contribution is 5.18. The molecule has 1 unspecified atom stereocenters. The number of likely N-dealkylation sites (tertiary alicyclic amines) is 1. The monoisotopic (exact) mass is 257 g/mol. The van der Waals surface area contributed by atoms with Crippen LogP contribution in [0.25, 0.3) is 0 Å². The molecule has 1 fully saturated rings. The van der Waals surface area contributed by atoms with Crippen molar-refractivity contribution in [2.75, 3.05) is 13.6 Å². The fraction of sp³-hybridized carbons (Fsp3) is 0.588. The number of benzene rings is 1.